The lowest BCUT2D eigenvalue weighted by Gasteiger charge is -2.12. The van der Waals surface area contributed by atoms with Crippen LogP contribution in [0.1, 0.15) is 24.5 Å². The minimum atomic E-state index is -3.68. The highest BCUT2D eigenvalue weighted by Gasteiger charge is 2.19. The molecule has 4 nitrogen and oxygen atoms in total. The Morgan fingerprint density at radius 3 is 2.36 bits per heavy atom. The molecule has 2 aromatic carbocycles. The van der Waals surface area contributed by atoms with Crippen LogP contribution in [0.2, 0.25) is 0 Å². The Hall–Kier alpha value is -2.01. The topological polar surface area (TPSA) is 55.4 Å². The zero-order chi connectivity index (χ0) is 16.2. The molecule has 0 aliphatic heterocycles. The van der Waals surface area contributed by atoms with Crippen LogP contribution in [-0.4, -0.2) is 15.5 Å². The molecule has 0 amide bonds. The smallest absolute Gasteiger partial charge is 0.265 e. The molecule has 0 unspecified atom stereocenters. The predicted molar refractivity (Wildman–Crippen MR) is 89.0 cm³/mol. The van der Waals surface area contributed by atoms with Crippen molar-refractivity contribution in [1.29, 1.82) is 0 Å². The molecular weight excluding hydrogens is 298 g/mol. The van der Waals surface area contributed by atoms with E-state index in [0.29, 0.717) is 11.4 Å². The van der Waals surface area contributed by atoms with Gasteiger partial charge in [0.05, 0.1) is 7.11 Å². The lowest BCUT2D eigenvalue weighted by molar-refractivity contribution is 0.402. The molecule has 0 fully saturated rings. The molecule has 22 heavy (non-hydrogen) atoms. The first-order valence-corrected chi connectivity index (χ1v) is 8.71. The third-order valence-electron chi connectivity index (χ3n) is 3.35. The molecule has 0 radical (unpaired) electrons. The monoisotopic (exact) mass is 319 g/mol. The van der Waals surface area contributed by atoms with Crippen LogP contribution in [0.25, 0.3) is 0 Å². The van der Waals surface area contributed by atoms with Gasteiger partial charge in [-0.2, -0.15) is 0 Å². The average molecular weight is 319 g/mol. The third kappa shape index (κ3) is 3.80. The number of methoxy groups -OCH3 is 1. The maximum atomic E-state index is 12.6. The predicted octanol–water partition coefficient (Wildman–Crippen LogP) is 3.76. The third-order valence-corrected chi connectivity index (χ3v) is 4.76. The SMILES string of the molecule is CCCc1ccc(NS(=O)(=O)c2cc(C)ccc2OC)cc1. The Kier molecular flexibility index (Phi) is 5.08. The molecule has 0 aliphatic carbocycles. The number of ether oxygens (including phenoxy) is 1. The molecule has 2 aromatic rings. The number of aryl methyl sites for hydroxylation is 2. The molecule has 0 aliphatic rings. The van der Waals surface area contributed by atoms with Crippen molar-refractivity contribution in [2.24, 2.45) is 0 Å². The number of rotatable bonds is 6. The molecule has 0 heterocycles. The number of sulfonamides is 1. The molecule has 0 aromatic heterocycles. The lowest BCUT2D eigenvalue weighted by Crippen LogP contribution is -2.14. The molecule has 1 N–H and O–H groups in total. The van der Waals surface area contributed by atoms with Crippen LogP contribution >= 0.6 is 0 Å². The summed E-state index contributed by atoms with van der Waals surface area (Å²) in [6.45, 7) is 3.96. The van der Waals surface area contributed by atoms with Crippen LogP contribution < -0.4 is 9.46 Å². The van der Waals surface area contributed by atoms with E-state index in [0.717, 1.165) is 18.4 Å². The normalized spacial score (nSPS) is 11.2. The van der Waals surface area contributed by atoms with Gasteiger partial charge in [-0.3, -0.25) is 4.72 Å². The second kappa shape index (κ2) is 6.83. The molecule has 0 saturated carbocycles. The maximum absolute atomic E-state index is 12.6. The van der Waals surface area contributed by atoms with Gasteiger partial charge in [0.2, 0.25) is 0 Å². The summed E-state index contributed by atoms with van der Waals surface area (Å²) in [6, 6.07) is 12.5. The number of nitrogens with one attached hydrogen (secondary N) is 1. The van der Waals surface area contributed by atoms with E-state index in [1.54, 1.807) is 24.3 Å². The summed E-state index contributed by atoms with van der Waals surface area (Å²) in [6.07, 6.45) is 2.05. The van der Waals surface area contributed by atoms with Gasteiger partial charge in [-0.15, -0.1) is 0 Å². The summed E-state index contributed by atoms with van der Waals surface area (Å²) in [5, 5.41) is 0. The van der Waals surface area contributed by atoms with E-state index in [9.17, 15) is 8.42 Å². The number of anilines is 1. The Labute approximate surface area is 132 Å². The van der Waals surface area contributed by atoms with E-state index >= 15 is 0 Å². The first kappa shape index (κ1) is 16.4. The van der Waals surface area contributed by atoms with Crippen LogP contribution in [-0.2, 0) is 16.4 Å². The van der Waals surface area contributed by atoms with Crippen molar-refractivity contribution in [1.82, 2.24) is 0 Å². The fraction of sp³-hybridized carbons (Fsp3) is 0.294. The summed E-state index contributed by atoms with van der Waals surface area (Å²) in [5.41, 5.74) is 2.60. The van der Waals surface area contributed by atoms with E-state index in [-0.39, 0.29) is 4.90 Å². The zero-order valence-electron chi connectivity index (χ0n) is 13.1. The van der Waals surface area contributed by atoms with Gasteiger partial charge in [-0.25, -0.2) is 8.42 Å². The molecular formula is C17H21NO3S. The summed E-state index contributed by atoms with van der Waals surface area (Å²) in [5.74, 6) is 0.334. The Morgan fingerprint density at radius 1 is 1.09 bits per heavy atom. The van der Waals surface area contributed by atoms with Gasteiger partial charge in [0.25, 0.3) is 10.0 Å². The molecule has 0 bridgehead atoms. The molecule has 118 valence electrons. The van der Waals surface area contributed by atoms with Gasteiger partial charge in [0.15, 0.2) is 0 Å². The van der Waals surface area contributed by atoms with Gasteiger partial charge in [-0.05, 0) is 48.7 Å². The minimum absolute atomic E-state index is 0.146. The summed E-state index contributed by atoms with van der Waals surface area (Å²) < 4.78 is 32.9. The Morgan fingerprint density at radius 2 is 1.77 bits per heavy atom. The van der Waals surface area contributed by atoms with E-state index in [4.69, 9.17) is 4.74 Å². The van der Waals surface area contributed by atoms with Crippen LogP contribution in [0.4, 0.5) is 5.69 Å². The molecule has 0 saturated heterocycles. The fourth-order valence-corrected chi connectivity index (χ4v) is 3.55. The van der Waals surface area contributed by atoms with Gasteiger partial charge in [0, 0.05) is 5.69 Å². The fourth-order valence-electron chi connectivity index (χ4n) is 2.23. The molecule has 0 spiro atoms. The van der Waals surface area contributed by atoms with Crippen LogP contribution in [0.5, 0.6) is 5.75 Å². The Balaban J connectivity index is 2.29. The van der Waals surface area contributed by atoms with Gasteiger partial charge in [0.1, 0.15) is 10.6 Å². The highest BCUT2D eigenvalue weighted by atomic mass is 32.2. The molecule has 2 rings (SSSR count). The van der Waals surface area contributed by atoms with E-state index < -0.39 is 10.0 Å². The second-order valence-electron chi connectivity index (χ2n) is 5.21. The maximum Gasteiger partial charge on any atom is 0.265 e. The van der Waals surface area contributed by atoms with E-state index in [1.807, 2.05) is 25.1 Å². The largest absolute Gasteiger partial charge is 0.495 e. The summed E-state index contributed by atoms with van der Waals surface area (Å²) in [4.78, 5) is 0.146. The van der Waals surface area contributed by atoms with Crippen molar-refractivity contribution >= 4 is 15.7 Å². The van der Waals surface area contributed by atoms with Crippen molar-refractivity contribution in [2.45, 2.75) is 31.6 Å². The average Bonchev–Trinajstić information content (AvgIpc) is 2.49. The van der Waals surface area contributed by atoms with Crippen LogP contribution in [0.3, 0.4) is 0 Å². The quantitative estimate of drug-likeness (QED) is 0.882. The Bertz CT molecular complexity index is 737. The number of benzene rings is 2. The zero-order valence-corrected chi connectivity index (χ0v) is 13.9. The first-order valence-electron chi connectivity index (χ1n) is 7.22. The minimum Gasteiger partial charge on any atom is -0.495 e. The van der Waals surface area contributed by atoms with Crippen molar-refractivity contribution in [2.75, 3.05) is 11.8 Å². The van der Waals surface area contributed by atoms with Gasteiger partial charge in [-0.1, -0.05) is 31.5 Å². The van der Waals surface area contributed by atoms with E-state index in [1.165, 1.54) is 12.7 Å². The number of hydrogen-bond donors (Lipinski definition) is 1. The van der Waals surface area contributed by atoms with E-state index in [2.05, 4.69) is 11.6 Å². The van der Waals surface area contributed by atoms with Crippen molar-refractivity contribution in [3.05, 3.63) is 53.6 Å². The highest BCUT2D eigenvalue weighted by Crippen LogP contribution is 2.26. The molecule has 0 atom stereocenters. The highest BCUT2D eigenvalue weighted by molar-refractivity contribution is 7.92. The standard InChI is InChI=1S/C17H21NO3S/c1-4-5-14-7-9-15(10-8-14)18-22(19,20)17-12-13(2)6-11-16(17)21-3/h6-12,18H,4-5H2,1-3H3. The van der Waals surface area contributed by atoms with Crippen LogP contribution in [0.15, 0.2) is 47.4 Å². The number of hydrogen-bond acceptors (Lipinski definition) is 3. The lowest BCUT2D eigenvalue weighted by atomic mass is 10.1. The summed E-state index contributed by atoms with van der Waals surface area (Å²) >= 11 is 0. The van der Waals surface area contributed by atoms with Gasteiger partial charge >= 0.3 is 0 Å². The van der Waals surface area contributed by atoms with Crippen molar-refractivity contribution in [3.63, 3.8) is 0 Å². The summed E-state index contributed by atoms with van der Waals surface area (Å²) in [7, 11) is -2.22. The van der Waals surface area contributed by atoms with Crippen molar-refractivity contribution in [3.8, 4) is 5.75 Å². The van der Waals surface area contributed by atoms with Crippen molar-refractivity contribution < 1.29 is 13.2 Å². The molecule has 5 heteroatoms. The van der Waals surface area contributed by atoms with Crippen LogP contribution in [0, 0.1) is 6.92 Å². The van der Waals surface area contributed by atoms with Gasteiger partial charge < -0.3 is 4.74 Å². The second-order valence-corrected chi connectivity index (χ2v) is 6.86. The first-order chi connectivity index (χ1) is 10.5.